The average Bonchev–Trinajstić information content (AvgIpc) is 2.37. The van der Waals surface area contributed by atoms with Gasteiger partial charge in [-0.2, -0.15) is 0 Å². The molecule has 21 heavy (non-hydrogen) atoms. The van der Waals surface area contributed by atoms with E-state index in [0.29, 0.717) is 16.4 Å². The summed E-state index contributed by atoms with van der Waals surface area (Å²) >= 11 is 6.02. The van der Waals surface area contributed by atoms with Gasteiger partial charge in [-0.15, -0.1) is 0 Å². The van der Waals surface area contributed by atoms with Gasteiger partial charge in [0.15, 0.2) is 0 Å². The van der Waals surface area contributed by atoms with E-state index in [0.717, 1.165) is 5.69 Å². The van der Waals surface area contributed by atoms with Crippen LogP contribution in [0.1, 0.15) is 16.1 Å². The van der Waals surface area contributed by atoms with Crippen molar-refractivity contribution >= 4 is 34.9 Å². The van der Waals surface area contributed by atoms with Crippen molar-refractivity contribution in [3.63, 3.8) is 0 Å². The van der Waals surface area contributed by atoms with E-state index in [1.165, 1.54) is 6.20 Å². The van der Waals surface area contributed by atoms with Gasteiger partial charge in [-0.3, -0.25) is 9.78 Å². The van der Waals surface area contributed by atoms with Gasteiger partial charge >= 0.3 is 6.03 Å². The number of halogens is 1. The summed E-state index contributed by atoms with van der Waals surface area (Å²) in [6.07, 6.45) is 1.42. The fourth-order valence-corrected chi connectivity index (χ4v) is 2.00. The number of nitrogens with one attached hydrogen (secondary N) is 2. The predicted octanol–water partition coefficient (Wildman–Crippen LogP) is 2.79. The van der Waals surface area contributed by atoms with Gasteiger partial charge in [-0.05, 0) is 31.2 Å². The molecule has 0 aliphatic carbocycles. The van der Waals surface area contributed by atoms with Gasteiger partial charge in [0.2, 0.25) is 0 Å². The molecule has 0 saturated carbocycles. The van der Waals surface area contributed by atoms with E-state index in [2.05, 4.69) is 15.6 Å². The zero-order valence-corrected chi connectivity index (χ0v) is 11.9. The summed E-state index contributed by atoms with van der Waals surface area (Å²) in [7, 11) is 0. The number of hydrogen-bond donors (Lipinski definition) is 3. The maximum Gasteiger partial charge on any atom is 0.316 e. The third-order valence-corrected chi connectivity index (χ3v) is 2.94. The maximum absolute atomic E-state index is 12.1. The number of carbonyl (C=O) groups is 2. The molecule has 0 fully saturated rings. The molecule has 0 aliphatic rings. The van der Waals surface area contributed by atoms with Crippen molar-refractivity contribution in [2.75, 3.05) is 10.6 Å². The molecule has 6 nitrogen and oxygen atoms in total. The lowest BCUT2D eigenvalue weighted by molar-refractivity contribution is 0.102. The van der Waals surface area contributed by atoms with Gasteiger partial charge in [0.25, 0.3) is 5.91 Å². The van der Waals surface area contributed by atoms with E-state index in [1.54, 1.807) is 37.3 Å². The van der Waals surface area contributed by atoms with Crippen LogP contribution in [0.4, 0.5) is 16.2 Å². The number of anilines is 2. The lowest BCUT2D eigenvalue weighted by Gasteiger charge is -2.08. The van der Waals surface area contributed by atoms with Crippen LogP contribution in [-0.4, -0.2) is 16.9 Å². The van der Waals surface area contributed by atoms with Crippen LogP contribution in [0.3, 0.4) is 0 Å². The van der Waals surface area contributed by atoms with Gasteiger partial charge in [0.1, 0.15) is 0 Å². The number of nitrogens with zero attached hydrogens (tertiary/aromatic N) is 1. The molecule has 0 saturated heterocycles. The van der Waals surface area contributed by atoms with Crippen LogP contribution >= 0.6 is 11.6 Å². The van der Waals surface area contributed by atoms with E-state index < -0.39 is 6.03 Å². The van der Waals surface area contributed by atoms with Crippen molar-refractivity contribution in [2.45, 2.75) is 6.92 Å². The van der Waals surface area contributed by atoms with Crippen LogP contribution in [0.25, 0.3) is 0 Å². The minimum atomic E-state index is -0.677. The molecule has 2 aromatic rings. The fourth-order valence-electron chi connectivity index (χ4n) is 1.71. The van der Waals surface area contributed by atoms with Crippen molar-refractivity contribution in [1.29, 1.82) is 0 Å². The van der Waals surface area contributed by atoms with Crippen molar-refractivity contribution in [3.8, 4) is 0 Å². The molecule has 4 N–H and O–H groups in total. The Hall–Kier alpha value is -2.60. The Bertz CT molecular complexity index is 703. The van der Waals surface area contributed by atoms with Crippen LogP contribution < -0.4 is 16.4 Å². The molecule has 7 heteroatoms. The number of primary amides is 1. The zero-order valence-electron chi connectivity index (χ0n) is 11.2. The zero-order chi connectivity index (χ0) is 15.4. The highest BCUT2D eigenvalue weighted by molar-refractivity contribution is 6.34. The van der Waals surface area contributed by atoms with Crippen LogP contribution in [-0.2, 0) is 0 Å². The molecular weight excluding hydrogens is 292 g/mol. The molecule has 0 aliphatic heterocycles. The fraction of sp³-hybridized carbons (Fsp3) is 0.0714. The normalized spacial score (nSPS) is 10.0. The molecule has 0 spiro atoms. The highest BCUT2D eigenvalue weighted by atomic mass is 35.5. The first-order valence-electron chi connectivity index (χ1n) is 6.06. The van der Waals surface area contributed by atoms with E-state index >= 15 is 0 Å². The van der Waals surface area contributed by atoms with E-state index in [-0.39, 0.29) is 11.5 Å². The number of nitrogens with two attached hydrogens (primary N) is 1. The summed E-state index contributed by atoms with van der Waals surface area (Å²) in [5.74, 6) is -0.385. The first-order valence-corrected chi connectivity index (χ1v) is 6.43. The Kier molecular flexibility index (Phi) is 4.39. The Balaban J connectivity index is 2.17. The summed E-state index contributed by atoms with van der Waals surface area (Å²) in [6, 6.07) is 7.53. The number of carbonyl (C=O) groups excluding carboxylic acids is 2. The molecule has 2 rings (SSSR count). The number of urea groups is 1. The Morgan fingerprint density at radius 2 is 1.86 bits per heavy atom. The lowest BCUT2D eigenvalue weighted by Crippen LogP contribution is -2.19. The minimum absolute atomic E-state index is 0.274. The van der Waals surface area contributed by atoms with Crippen molar-refractivity contribution in [3.05, 3.63) is 52.8 Å². The van der Waals surface area contributed by atoms with Crippen molar-refractivity contribution in [2.24, 2.45) is 5.73 Å². The maximum atomic E-state index is 12.1. The van der Waals surface area contributed by atoms with Crippen LogP contribution in [0, 0.1) is 6.92 Å². The van der Waals surface area contributed by atoms with Crippen LogP contribution in [0.2, 0.25) is 5.02 Å². The quantitative estimate of drug-likeness (QED) is 0.813. The monoisotopic (exact) mass is 304 g/mol. The molecule has 108 valence electrons. The number of aromatic nitrogens is 1. The van der Waals surface area contributed by atoms with Crippen molar-refractivity contribution < 1.29 is 9.59 Å². The topological polar surface area (TPSA) is 97.1 Å². The molecule has 1 aromatic heterocycles. The molecule has 1 aromatic carbocycles. The highest BCUT2D eigenvalue weighted by Crippen LogP contribution is 2.19. The SMILES string of the molecule is Cc1cc(Cl)c(C(=O)Nc2cccc(NC(N)=O)c2)cn1. The van der Waals surface area contributed by atoms with Gasteiger partial charge in [-0.25, -0.2) is 4.79 Å². The summed E-state index contributed by atoms with van der Waals surface area (Å²) in [5.41, 5.74) is 7.02. The van der Waals surface area contributed by atoms with E-state index in [9.17, 15) is 9.59 Å². The highest BCUT2D eigenvalue weighted by Gasteiger charge is 2.11. The number of hydrogen-bond acceptors (Lipinski definition) is 3. The van der Waals surface area contributed by atoms with E-state index in [1.807, 2.05) is 0 Å². The van der Waals surface area contributed by atoms with Crippen molar-refractivity contribution in [1.82, 2.24) is 4.98 Å². The van der Waals surface area contributed by atoms with Crippen LogP contribution in [0.15, 0.2) is 36.5 Å². The molecule has 0 unspecified atom stereocenters. The van der Waals surface area contributed by atoms with E-state index in [4.69, 9.17) is 17.3 Å². The Morgan fingerprint density at radius 1 is 1.19 bits per heavy atom. The second-order valence-electron chi connectivity index (χ2n) is 4.33. The summed E-state index contributed by atoms with van der Waals surface area (Å²) in [5, 5.41) is 5.43. The molecular formula is C14H13ClN4O2. The standard InChI is InChI=1S/C14H13ClN4O2/c1-8-5-12(15)11(7-17-8)13(20)18-9-3-2-4-10(6-9)19-14(16)21/h2-7H,1H3,(H,18,20)(H3,16,19,21). The third kappa shape index (κ3) is 3.93. The first-order chi connectivity index (χ1) is 9.95. The first kappa shape index (κ1) is 14.8. The summed E-state index contributed by atoms with van der Waals surface area (Å²) in [4.78, 5) is 27.0. The molecule has 0 atom stereocenters. The smallest absolute Gasteiger partial charge is 0.316 e. The van der Waals surface area contributed by atoms with Gasteiger partial charge in [0.05, 0.1) is 10.6 Å². The summed E-state index contributed by atoms with van der Waals surface area (Å²) in [6.45, 7) is 1.78. The lowest BCUT2D eigenvalue weighted by atomic mass is 10.2. The number of rotatable bonds is 3. The predicted molar refractivity (Wildman–Crippen MR) is 81.6 cm³/mol. The molecule has 0 bridgehead atoms. The molecule has 1 heterocycles. The van der Waals surface area contributed by atoms with Crippen LogP contribution in [0.5, 0.6) is 0 Å². The number of benzene rings is 1. The van der Waals surface area contributed by atoms with Gasteiger partial charge in [-0.1, -0.05) is 17.7 Å². The van der Waals surface area contributed by atoms with Gasteiger partial charge < -0.3 is 16.4 Å². The van der Waals surface area contributed by atoms with Gasteiger partial charge in [0, 0.05) is 23.3 Å². The summed E-state index contributed by atoms with van der Waals surface area (Å²) < 4.78 is 0. The largest absolute Gasteiger partial charge is 0.351 e. The second-order valence-corrected chi connectivity index (χ2v) is 4.74. The molecule has 0 radical (unpaired) electrons. The number of amides is 3. The number of aryl methyl sites for hydroxylation is 1. The minimum Gasteiger partial charge on any atom is -0.351 e. The second kappa shape index (κ2) is 6.23. The average molecular weight is 305 g/mol. The number of pyridine rings is 1. The third-order valence-electron chi connectivity index (χ3n) is 2.62. The molecule has 3 amide bonds. The Morgan fingerprint density at radius 3 is 2.48 bits per heavy atom. The Labute approximate surface area is 126 Å².